The molecule has 0 radical (unpaired) electrons. The SMILES string of the molecule is Cc1cccc(C[C@H]2CCN(C(=O)Cc3nonc3C)C[C@@H]2O)c1. The number of benzene rings is 1. The number of piperidine rings is 1. The molecule has 1 N–H and O–H groups in total. The lowest BCUT2D eigenvalue weighted by Gasteiger charge is -2.36. The topological polar surface area (TPSA) is 79.5 Å². The van der Waals surface area contributed by atoms with E-state index in [9.17, 15) is 9.90 Å². The second-order valence-electron chi connectivity index (χ2n) is 6.62. The van der Waals surface area contributed by atoms with Gasteiger partial charge in [-0.1, -0.05) is 40.1 Å². The second-order valence-corrected chi connectivity index (χ2v) is 6.62. The highest BCUT2D eigenvalue weighted by atomic mass is 16.6. The molecular weight excluding hydrogens is 306 g/mol. The minimum atomic E-state index is -0.500. The molecule has 0 saturated carbocycles. The van der Waals surface area contributed by atoms with Crippen LogP contribution in [0.1, 0.15) is 28.9 Å². The van der Waals surface area contributed by atoms with Gasteiger partial charge >= 0.3 is 0 Å². The Kier molecular flexibility index (Phi) is 4.94. The lowest BCUT2D eigenvalue weighted by atomic mass is 9.87. The Bertz CT molecular complexity index is 713. The Morgan fingerprint density at radius 1 is 1.38 bits per heavy atom. The van der Waals surface area contributed by atoms with Gasteiger partial charge in [-0.2, -0.15) is 0 Å². The average molecular weight is 329 g/mol. The number of carbonyl (C=O) groups is 1. The Balaban J connectivity index is 1.56. The van der Waals surface area contributed by atoms with Crippen LogP contribution in [0.2, 0.25) is 0 Å². The first-order chi connectivity index (χ1) is 11.5. The van der Waals surface area contributed by atoms with E-state index in [0.717, 1.165) is 12.8 Å². The van der Waals surface area contributed by atoms with E-state index in [1.807, 2.05) is 6.07 Å². The molecule has 24 heavy (non-hydrogen) atoms. The van der Waals surface area contributed by atoms with Crippen LogP contribution in [0.5, 0.6) is 0 Å². The Hall–Kier alpha value is -2.21. The van der Waals surface area contributed by atoms with Crippen LogP contribution in [0.4, 0.5) is 0 Å². The summed E-state index contributed by atoms with van der Waals surface area (Å²) in [7, 11) is 0. The van der Waals surface area contributed by atoms with E-state index in [1.54, 1.807) is 11.8 Å². The van der Waals surface area contributed by atoms with Crippen molar-refractivity contribution in [2.24, 2.45) is 5.92 Å². The van der Waals surface area contributed by atoms with E-state index < -0.39 is 6.10 Å². The van der Waals surface area contributed by atoms with Crippen molar-refractivity contribution in [2.75, 3.05) is 13.1 Å². The number of rotatable bonds is 4. The molecular formula is C18H23N3O3. The van der Waals surface area contributed by atoms with E-state index in [4.69, 9.17) is 0 Å². The van der Waals surface area contributed by atoms with Crippen LogP contribution < -0.4 is 0 Å². The lowest BCUT2D eigenvalue weighted by molar-refractivity contribution is -0.135. The largest absolute Gasteiger partial charge is 0.391 e. The molecule has 2 atom stereocenters. The number of aromatic nitrogens is 2. The van der Waals surface area contributed by atoms with Crippen molar-refractivity contribution >= 4 is 5.91 Å². The van der Waals surface area contributed by atoms with E-state index in [1.165, 1.54) is 11.1 Å². The smallest absolute Gasteiger partial charge is 0.228 e. The van der Waals surface area contributed by atoms with Gasteiger partial charge in [0.25, 0.3) is 0 Å². The van der Waals surface area contributed by atoms with Crippen LogP contribution in [-0.4, -0.2) is 45.4 Å². The molecule has 3 rings (SSSR count). The quantitative estimate of drug-likeness (QED) is 0.923. The summed E-state index contributed by atoms with van der Waals surface area (Å²) in [5.74, 6) is 0.146. The lowest BCUT2D eigenvalue weighted by Crippen LogP contribution is -2.47. The Labute approximate surface area is 141 Å². The predicted octanol–water partition coefficient (Wildman–Crippen LogP) is 1.68. The van der Waals surface area contributed by atoms with Gasteiger partial charge < -0.3 is 10.0 Å². The number of amides is 1. The fourth-order valence-corrected chi connectivity index (χ4v) is 3.25. The molecule has 1 aliphatic heterocycles. The number of carbonyl (C=O) groups excluding carboxylic acids is 1. The summed E-state index contributed by atoms with van der Waals surface area (Å²) in [6, 6.07) is 8.37. The molecule has 6 nitrogen and oxygen atoms in total. The fraction of sp³-hybridized carbons (Fsp3) is 0.500. The summed E-state index contributed by atoms with van der Waals surface area (Å²) in [6.07, 6.45) is 1.32. The molecule has 0 aliphatic carbocycles. The Morgan fingerprint density at radius 2 is 2.21 bits per heavy atom. The maximum Gasteiger partial charge on any atom is 0.228 e. The summed E-state index contributed by atoms with van der Waals surface area (Å²) in [5.41, 5.74) is 3.67. The summed E-state index contributed by atoms with van der Waals surface area (Å²) in [5, 5.41) is 17.9. The maximum absolute atomic E-state index is 12.4. The highest BCUT2D eigenvalue weighted by molar-refractivity contribution is 5.78. The first kappa shape index (κ1) is 16.6. The van der Waals surface area contributed by atoms with Crippen molar-refractivity contribution in [3.8, 4) is 0 Å². The number of β-amino-alcohol motifs (C(OH)–C–C–N with tert-alkyl or cyclic N) is 1. The van der Waals surface area contributed by atoms with Gasteiger partial charge in [0.1, 0.15) is 11.4 Å². The third-order valence-corrected chi connectivity index (χ3v) is 4.72. The maximum atomic E-state index is 12.4. The van der Waals surface area contributed by atoms with Crippen LogP contribution in [0.3, 0.4) is 0 Å². The van der Waals surface area contributed by atoms with E-state index >= 15 is 0 Å². The zero-order valence-electron chi connectivity index (χ0n) is 14.1. The van der Waals surface area contributed by atoms with Crippen molar-refractivity contribution in [2.45, 2.75) is 39.2 Å². The zero-order valence-corrected chi connectivity index (χ0v) is 14.1. The molecule has 0 bridgehead atoms. The normalized spacial score (nSPS) is 21.0. The molecule has 1 aliphatic rings. The standard InChI is InChI=1S/C18H23N3O3/c1-12-4-3-5-14(8-12)9-15-6-7-21(11-17(15)22)18(23)10-16-13(2)19-24-20-16/h3-5,8,15,17,22H,6-7,9-11H2,1-2H3/t15-,17+/m1/s1. The zero-order chi connectivity index (χ0) is 17.1. The first-order valence-corrected chi connectivity index (χ1v) is 8.32. The summed E-state index contributed by atoms with van der Waals surface area (Å²) in [4.78, 5) is 14.1. The third-order valence-electron chi connectivity index (χ3n) is 4.72. The number of nitrogens with zero attached hydrogens (tertiary/aromatic N) is 3. The highest BCUT2D eigenvalue weighted by Gasteiger charge is 2.30. The van der Waals surface area contributed by atoms with Gasteiger partial charge in [0.2, 0.25) is 5.91 Å². The van der Waals surface area contributed by atoms with E-state index in [2.05, 4.69) is 40.1 Å². The van der Waals surface area contributed by atoms with Gasteiger partial charge in [-0.15, -0.1) is 0 Å². The number of aliphatic hydroxyl groups excluding tert-OH is 1. The van der Waals surface area contributed by atoms with Crippen LogP contribution in [0.15, 0.2) is 28.9 Å². The van der Waals surface area contributed by atoms with Crippen LogP contribution in [-0.2, 0) is 17.6 Å². The van der Waals surface area contributed by atoms with Gasteiger partial charge in [0, 0.05) is 13.1 Å². The molecule has 1 fully saturated rings. The van der Waals surface area contributed by atoms with Gasteiger partial charge in [-0.3, -0.25) is 4.79 Å². The van der Waals surface area contributed by atoms with Crippen molar-refractivity contribution in [1.29, 1.82) is 0 Å². The highest BCUT2D eigenvalue weighted by Crippen LogP contribution is 2.23. The number of hydrogen-bond acceptors (Lipinski definition) is 5. The van der Waals surface area contributed by atoms with Crippen molar-refractivity contribution in [3.63, 3.8) is 0 Å². The minimum Gasteiger partial charge on any atom is -0.391 e. The third kappa shape index (κ3) is 3.82. The van der Waals surface area contributed by atoms with Gasteiger partial charge in [-0.05, 0) is 38.2 Å². The molecule has 2 heterocycles. The van der Waals surface area contributed by atoms with Crippen molar-refractivity contribution < 1.29 is 14.5 Å². The van der Waals surface area contributed by atoms with Crippen LogP contribution >= 0.6 is 0 Å². The van der Waals surface area contributed by atoms with Gasteiger partial charge in [0.05, 0.1) is 12.5 Å². The van der Waals surface area contributed by atoms with Gasteiger partial charge in [0.15, 0.2) is 0 Å². The molecule has 2 aromatic rings. The van der Waals surface area contributed by atoms with E-state index in [0.29, 0.717) is 24.5 Å². The molecule has 1 saturated heterocycles. The fourth-order valence-electron chi connectivity index (χ4n) is 3.25. The Morgan fingerprint density at radius 3 is 2.88 bits per heavy atom. The second kappa shape index (κ2) is 7.13. The predicted molar refractivity (Wildman–Crippen MR) is 88.3 cm³/mol. The molecule has 0 unspecified atom stereocenters. The molecule has 0 spiro atoms. The molecule has 6 heteroatoms. The summed E-state index contributed by atoms with van der Waals surface area (Å²) < 4.78 is 4.63. The molecule has 1 amide bonds. The summed E-state index contributed by atoms with van der Waals surface area (Å²) in [6.45, 7) is 4.88. The average Bonchev–Trinajstić information content (AvgIpc) is 2.94. The first-order valence-electron chi connectivity index (χ1n) is 8.32. The molecule has 128 valence electrons. The van der Waals surface area contributed by atoms with Gasteiger partial charge in [-0.25, -0.2) is 4.63 Å². The minimum absolute atomic E-state index is 0.0399. The summed E-state index contributed by atoms with van der Waals surface area (Å²) >= 11 is 0. The van der Waals surface area contributed by atoms with E-state index in [-0.39, 0.29) is 18.2 Å². The van der Waals surface area contributed by atoms with Crippen LogP contribution in [0, 0.1) is 19.8 Å². The number of hydrogen-bond donors (Lipinski definition) is 1. The number of aliphatic hydroxyl groups is 1. The molecule has 1 aromatic heterocycles. The van der Waals surface area contributed by atoms with Crippen molar-refractivity contribution in [1.82, 2.24) is 15.2 Å². The van der Waals surface area contributed by atoms with Crippen LogP contribution in [0.25, 0.3) is 0 Å². The number of aryl methyl sites for hydroxylation is 2. The molecule has 1 aromatic carbocycles. The van der Waals surface area contributed by atoms with Crippen molar-refractivity contribution in [3.05, 3.63) is 46.8 Å². The monoisotopic (exact) mass is 329 g/mol. The number of likely N-dealkylation sites (tertiary alicyclic amines) is 1.